The largest absolute Gasteiger partial charge is 0.145 e. The summed E-state index contributed by atoms with van der Waals surface area (Å²) in [6, 6.07) is 0. The van der Waals surface area contributed by atoms with Crippen molar-refractivity contribution >= 4 is 47.0 Å². The van der Waals surface area contributed by atoms with Crippen LogP contribution in [0.3, 0.4) is 0 Å². The van der Waals surface area contributed by atoms with Crippen molar-refractivity contribution in [1.29, 1.82) is 0 Å². The molecule has 0 aliphatic heterocycles. The second kappa shape index (κ2) is 6.05. The summed E-state index contributed by atoms with van der Waals surface area (Å²) < 4.78 is 0.303. The van der Waals surface area contributed by atoms with Crippen molar-refractivity contribution in [3.8, 4) is 11.8 Å². The van der Waals surface area contributed by atoms with E-state index in [-0.39, 0.29) is 8.16 Å². The summed E-state index contributed by atoms with van der Waals surface area (Å²) in [5.74, 6) is 6.87. The van der Waals surface area contributed by atoms with Crippen molar-refractivity contribution in [3.05, 3.63) is 0 Å². The van der Waals surface area contributed by atoms with Gasteiger partial charge in [0, 0.05) is 6.42 Å². The number of rotatable bonds is 4. The standard InChI is InChI=1S/C11H18S4/c1-12-10(13-2)8-6-5-7-9-11(10,14-3)15-4/h5-6,8H2,1-4H3. The molecule has 0 nitrogen and oxygen atoms in total. The Hall–Kier alpha value is 0.960. The Balaban J connectivity index is 3.14. The van der Waals surface area contributed by atoms with Gasteiger partial charge in [0.1, 0.15) is 4.08 Å². The van der Waals surface area contributed by atoms with Crippen LogP contribution in [0.2, 0.25) is 0 Å². The zero-order valence-corrected chi connectivity index (χ0v) is 13.0. The topological polar surface area (TPSA) is 0 Å². The summed E-state index contributed by atoms with van der Waals surface area (Å²) in [4.78, 5) is 0. The first-order valence-corrected chi connectivity index (χ1v) is 9.81. The van der Waals surface area contributed by atoms with Crippen molar-refractivity contribution in [3.63, 3.8) is 0 Å². The lowest BCUT2D eigenvalue weighted by atomic mass is 10.2. The van der Waals surface area contributed by atoms with Crippen molar-refractivity contribution in [2.45, 2.75) is 27.4 Å². The fraction of sp³-hybridized carbons (Fsp3) is 0.818. The van der Waals surface area contributed by atoms with Crippen molar-refractivity contribution in [2.75, 3.05) is 25.0 Å². The lowest BCUT2D eigenvalue weighted by Gasteiger charge is -2.43. The second-order valence-corrected chi connectivity index (χ2v) is 8.11. The van der Waals surface area contributed by atoms with E-state index in [0.717, 1.165) is 6.42 Å². The highest BCUT2D eigenvalue weighted by molar-refractivity contribution is 8.24. The zero-order chi connectivity index (χ0) is 11.4. The third-order valence-corrected chi connectivity index (χ3v) is 9.70. The van der Waals surface area contributed by atoms with Crippen LogP contribution in [0, 0.1) is 11.8 Å². The number of hydrogen-bond donors (Lipinski definition) is 0. The SMILES string of the molecule is CSC1(SC)C#CCCCC1(SC)SC. The molecule has 4 heteroatoms. The zero-order valence-electron chi connectivity index (χ0n) is 9.75. The number of thioether (sulfide) groups is 4. The monoisotopic (exact) mass is 278 g/mol. The van der Waals surface area contributed by atoms with E-state index in [4.69, 9.17) is 0 Å². The molecule has 0 spiro atoms. The maximum Gasteiger partial charge on any atom is 0.145 e. The van der Waals surface area contributed by atoms with E-state index in [9.17, 15) is 0 Å². The average Bonchev–Trinajstić information content (AvgIpc) is 2.48. The highest BCUT2D eigenvalue weighted by Crippen LogP contribution is 2.57. The molecule has 0 amide bonds. The van der Waals surface area contributed by atoms with Crippen LogP contribution in [0.15, 0.2) is 0 Å². The molecule has 0 bridgehead atoms. The lowest BCUT2D eigenvalue weighted by molar-refractivity contribution is 0.691. The van der Waals surface area contributed by atoms with Crippen LogP contribution in [0.4, 0.5) is 0 Å². The fourth-order valence-electron chi connectivity index (χ4n) is 1.90. The molecular formula is C11H18S4. The molecule has 0 N–H and O–H groups in total. The Kier molecular flexibility index (Phi) is 5.65. The molecule has 0 atom stereocenters. The van der Waals surface area contributed by atoms with Crippen molar-refractivity contribution in [2.24, 2.45) is 0 Å². The van der Waals surface area contributed by atoms with E-state index in [0.29, 0.717) is 0 Å². The van der Waals surface area contributed by atoms with E-state index in [1.165, 1.54) is 12.8 Å². The van der Waals surface area contributed by atoms with Gasteiger partial charge in [-0.05, 0) is 37.9 Å². The van der Waals surface area contributed by atoms with Crippen LogP contribution in [-0.2, 0) is 0 Å². The molecule has 0 radical (unpaired) electrons. The van der Waals surface area contributed by atoms with Crippen LogP contribution in [0.25, 0.3) is 0 Å². The summed E-state index contributed by atoms with van der Waals surface area (Å²) >= 11 is 7.78. The molecule has 1 rings (SSSR count). The van der Waals surface area contributed by atoms with Crippen LogP contribution in [-0.4, -0.2) is 33.2 Å². The minimum atomic E-state index is 0.0579. The highest BCUT2D eigenvalue weighted by Gasteiger charge is 2.49. The Morgan fingerprint density at radius 2 is 1.53 bits per heavy atom. The van der Waals surface area contributed by atoms with Crippen LogP contribution in [0.1, 0.15) is 19.3 Å². The van der Waals surface area contributed by atoms with Gasteiger partial charge in [0.25, 0.3) is 0 Å². The van der Waals surface area contributed by atoms with Crippen molar-refractivity contribution in [1.82, 2.24) is 0 Å². The first-order valence-electron chi connectivity index (χ1n) is 4.91. The van der Waals surface area contributed by atoms with Crippen LogP contribution in [0.5, 0.6) is 0 Å². The normalized spacial score (nSPS) is 22.7. The Labute approximate surface area is 111 Å². The van der Waals surface area contributed by atoms with E-state index < -0.39 is 0 Å². The molecule has 0 heterocycles. The molecular weight excluding hydrogens is 260 g/mol. The maximum atomic E-state index is 3.52. The minimum Gasteiger partial charge on any atom is -0.144 e. The van der Waals surface area contributed by atoms with E-state index in [1.807, 2.05) is 47.0 Å². The third kappa shape index (κ3) is 2.46. The lowest BCUT2D eigenvalue weighted by Crippen LogP contribution is -2.42. The summed E-state index contributed by atoms with van der Waals surface area (Å²) in [5, 5.41) is 0. The van der Waals surface area contributed by atoms with Gasteiger partial charge in [-0.15, -0.1) is 53.0 Å². The maximum absolute atomic E-state index is 3.52. The molecule has 0 aromatic carbocycles. The molecule has 0 aromatic rings. The van der Waals surface area contributed by atoms with E-state index >= 15 is 0 Å². The molecule has 0 unspecified atom stereocenters. The van der Waals surface area contributed by atoms with Gasteiger partial charge in [0.15, 0.2) is 0 Å². The second-order valence-electron chi connectivity index (χ2n) is 3.34. The quantitative estimate of drug-likeness (QED) is 0.562. The Morgan fingerprint density at radius 3 is 2.00 bits per heavy atom. The predicted molar refractivity (Wildman–Crippen MR) is 81.1 cm³/mol. The summed E-state index contributed by atoms with van der Waals surface area (Å²) in [6.45, 7) is 0. The third-order valence-electron chi connectivity index (χ3n) is 2.80. The summed E-state index contributed by atoms with van der Waals surface area (Å²) in [7, 11) is 0. The van der Waals surface area contributed by atoms with Crippen LogP contribution < -0.4 is 0 Å². The molecule has 0 fully saturated rings. The number of hydrogen-bond acceptors (Lipinski definition) is 4. The van der Waals surface area contributed by atoms with Gasteiger partial charge >= 0.3 is 0 Å². The molecule has 86 valence electrons. The van der Waals surface area contributed by atoms with E-state index in [1.54, 1.807) is 0 Å². The molecule has 0 saturated carbocycles. The van der Waals surface area contributed by atoms with E-state index in [2.05, 4.69) is 36.9 Å². The molecule has 1 aliphatic carbocycles. The van der Waals surface area contributed by atoms with Gasteiger partial charge in [0.2, 0.25) is 0 Å². The Bertz CT molecular complexity index is 255. The molecule has 15 heavy (non-hydrogen) atoms. The predicted octanol–water partition coefficient (Wildman–Crippen LogP) is 4.02. The van der Waals surface area contributed by atoms with Gasteiger partial charge in [-0.2, -0.15) is 0 Å². The van der Waals surface area contributed by atoms with Gasteiger partial charge < -0.3 is 0 Å². The molecule has 0 saturated heterocycles. The van der Waals surface area contributed by atoms with Gasteiger partial charge in [-0.1, -0.05) is 5.92 Å². The smallest absolute Gasteiger partial charge is 0.144 e. The first-order chi connectivity index (χ1) is 7.20. The van der Waals surface area contributed by atoms with Gasteiger partial charge in [0.05, 0.1) is 4.08 Å². The summed E-state index contributed by atoms with van der Waals surface area (Å²) in [6.07, 6.45) is 12.4. The van der Waals surface area contributed by atoms with Crippen LogP contribution >= 0.6 is 47.0 Å². The average molecular weight is 279 g/mol. The first kappa shape index (κ1) is 14.0. The van der Waals surface area contributed by atoms with Gasteiger partial charge in [-0.3, -0.25) is 0 Å². The van der Waals surface area contributed by atoms with Gasteiger partial charge in [-0.25, -0.2) is 0 Å². The fourth-order valence-corrected chi connectivity index (χ4v) is 7.75. The highest BCUT2D eigenvalue weighted by atomic mass is 32.2. The molecule has 0 aromatic heterocycles. The minimum absolute atomic E-state index is 0.0579. The Morgan fingerprint density at radius 1 is 0.933 bits per heavy atom. The summed E-state index contributed by atoms with van der Waals surface area (Å²) in [5.41, 5.74) is 0. The van der Waals surface area contributed by atoms with Crippen molar-refractivity contribution < 1.29 is 0 Å². The molecule has 1 aliphatic rings.